The van der Waals surface area contributed by atoms with Gasteiger partial charge in [0.2, 0.25) is 5.79 Å². The van der Waals surface area contributed by atoms with E-state index in [2.05, 4.69) is 0 Å². The molecule has 0 saturated heterocycles. The first kappa shape index (κ1) is 9.36. The molecule has 2 saturated carbocycles. The van der Waals surface area contributed by atoms with Crippen molar-refractivity contribution in [2.45, 2.75) is 42.9 Å². The average Bonchev–Trinajstić information content (AvgIpc) is 2.43. The van der Waals surface area contributed by atoms with Gasteiger partial charge in [0.1, 0.15) is 11.7 Å². The molecule has 5 nitrogen and oxygen atoms in total. The molecule has 5 N–H and O–H groups in total. The van der Waals surface area contributed by atoms with Crippen molar-refractivity contribution in [2.75, 3.05) is 0 Å². The SMILES string of the molecule is OC1C2CCC(O)(C2)C(O)(O)C1O. The molecule has 0 heterocycles. The van der Waals surface area contributed by atoms with Gasteiger partial charge in [0.05, 0.1) is 6.10 Å². The monoisotopic (exact) mass is 190 g/mol. The lowest BCUT2D eigenvalue weighted by molar-refractivity contribution is -0.342. The molecular weight excluding hydrogens is 176 g/mol. The van der Waals surface area contributed by atoms with Gasteiger partial charge in [-0.15, -0.1) is 0 Å². The predicted molar refractivity (Wildman–Crippen MR) is 41.5 cm³/mol. The van der Waals surface area contributed by atoms with Gasteiger partial charge in [-0.1, -0.05) is 0 Å². The third-order valence-electron chi connectivity index (χ3n) is 3.43. The van der Waals surface area contributed by atoms with Crippen LogP contribution in [0, 0.1) is 5.92 Å². The van der Waals surface area contributed by atoms with Gasteiger partial charge in [-0.25, -0.2) is 0 Å². The minimum absolute atomic E-state index is 0.137. The fourth-order valence-electron chi connectivity index (χ4n) is 2.46. The van der Waals surface area contributed by atoms with Gasteiger partial charge in [0, 0.05) is 0 Å². The van der Waals surface area contributed by atoms with Crippen LogP contribution < -0.4 is 0 Å². The number of hydrogen-bond donors (Lipinski definition) is 5. The molecule has 4 unspecified atom stereocenters. The molecular formula is C8H14O5. The quantitative estimate of drug-likeness (QED) is 0.283. The van der Waals surface area contributed by atoms with Crippen molar-refractivity contribution in [3.05, 3.63) is 0 Å². The second kappa shape index (κ2) is 2.43. The summed E-state index contributed by atoms with van der Waals surface area (Å²) in [6, 6.07) is 0. The summed E-state index contributed by atoms with van der Waals surface area (Å²) in [5.41, 5.74) is -1.66. The van der Waals surface area contributed by atoms with Crippen LogP contribution in [0.4, 0.5) is 0 Å². The normalized spacial score (nSPS) is 53.8. The molecule has 2 aliphatic carbocycles. The molecule has 0 amide bonds. The van der Waals surface area contributed by atoms with Crippen LogP contribution in [-0.4, -0.2) is 49.1 Å². The molecule has 5 heteroatoms. The van der Waals surface area contributed by atoms with E-state index in [1.54, 1.807) is 0 Å². The minimum atomic E-state index is -2.58. The lowest BCUT2D eigenvalue weighted by Crippen LogP contribution is -2.66. The second-order valence-electron chi connectivity index (χ2n) is 4.20. The predicted octanol–water partition coefficient (Wildman–Crippen LogP) is -2.07. The van der Waals surface area contributed by atoms with Crippen molar-refractivity contribution in [2.24, 2.45) is 5.92 Å². The third-order valence-corrected chi connectivity index (χ3v) is 3.43. The topological polar surface area (TPSA) is 101 Å². The lowest BCUT2D eigenvalue weighted by Gasteiger charge is -2.45. The Balaban J connectivity index is 2.37. The molecule has 13 heavy (non-hydrogen) atoms. The van der Waals surface area contributed by atoms with Crippen LogP contribution in [-0.2, 0) is 0 Å². The Morgan fingerprint density at radius 3 is 2.31 bits per heavy atom. The Kier molecular flexibility index (Phi) is 1.75. The van der Waals surface area contributed by atoms with Gasteiger partial charge >= 0.3 is 0 Å². The maximum absolute atomic E-state index is 9.77. The van der Waals surface area contributed by atoms with Gasteiger partial charge < -0.3 is 25.5 Å². The molecule has 0 aromatic carbocycles. The van der Waals surface area contributed by atoms with E-state index in [9.17, 15) is 25.5 Å². The Morgan fingerprint density at radius 2 is 1.69 bits per heavy atom. The van der Waals surface area contributed by atoms with Crippen LogP contribution in [0.2, 0.25) is 0 Å². The Hall–Kier alpha value is -0.200. The molecule has 0 aromatic rings. The Labute approximate surface area is 75.3 Å². The molecule has 0 spiro atoms. The Morgan fingerprint density at radius 1 is 1.08 bits per heavy atom. The molecule has 0 radical (unpaired) electrons. The number of hydrogen-bond acceptors (Lipinski definition) is 5. The fourth-order valence-corrected chi connectivity index (χ4v) is 2.46. The van der Waals surface area contributed by atoms with Crippen LogP contribution in [0.15, 0.2) is 0 Å². The van der Waals surface area contributed by atoms with Crippen molar-refractivity contribution in [1.82, 2.24) is 0 Å². The van der Waals surface area contributed by atoms with E-state index in [-0.39, 0.29) is 18.8 Å². The van der Waals surface area contributed by atoms with Crippen LogP contribution in [0.1, 0.15) is 19.3 Å². The zero-order valence-corrected chi connectivity index (χ0v) is 7.09. The fraction of sp³-hybridized carbons (Fsp3) is 1.00. The van der Waals surface area contributed by atoms with Gasteiger partial charge in [0.15, 0.2) is 0 Å². The summed E-state index contributed by atoms with van der Waals surface area (Å²) in [5, 5.41) is 47.5. The third kappa shape index (κ3) is 0.992. The van der Waals surface area contributed by atoms with Crippen molar-refractivity contribution in [1.29, 1.82) is 0 Å². The lowest BCUT2D eigenvalue weighted by atomic mass is 9.76. The molecule has 2 aliphatic rings. The second-order valence-corrected chi connectivity index (χ2v) is 4.20. The van der Waals surface area contributed by atoms with Crippen molar-refractivity contribution in [3.8, 4) is 0 Å². The van der Waals surface area contributed by atoms with E-state index in [0.29, 0.717) is 6.42 Å². The zero-order chi connectivity index (χ0) is 9.85. The highest BCUT2D eigenvalue weighted by Gasteiger charge is 2.64. The average molecular weight is 190 g/mol. The van der Waals surface area contributed by atoms with Gasteiger partial charge in [0.25, 0.3) is 0 Å². The summed E-state index contributed by atoms with van der Waals surface area (Å²) < 4.78 is 0. The van der Waals surface area contributed by atoms with Crippen molar-refractivity contribution in [3.63, 3.8) is 0 Å². The number of aliphatic hydroxyl groups excluding tert-OH is 2. The Bertz CT molecular complexity index is 229. The number of rotatable bonds is 0. The van der Waals surface area contributed by atoms with Crippen LogP contribution in [0.25, 0.3) is 0 Å². The molecule has 2 bridgehead atoms. The zero-order valence-electron chi connectivity index (χ0n) is 7.09. The molecule has 0 aliphatic heterocycles. The summed E-state index contributed by atoms with van der Waals surface area (Å²) in [7, 11) is 0. The number of aliphatic hydroxyl groups is 5. The van der Waals surface area contributed by atoms with E-state index in [4.69, 9.17) is 0 Å². The van der Waals surface area contributed by atoms with Crippen LogP contribution in [0.5, 0.6) is 0 Å². The molecule has 4 atom stereocenters. The van der Waals surface area contributed by atoms with E-state index >= 15 is 0 Å². The van der Waals surface area contributed by atoms with Gasteiger partial charge in [-0.3, -0.25) is 0 Å². The summed E-state index contributed by atoms with van der Waals surface area (Å²) in [5.74, 6) is -2.81. The molecule has 76 valence electrons. The minimum Gasteiger partial charge on any atom is -0.390 e. The largest absolute Gasteiger partial charge is 0.390 e. The van der Waals surface area contributed by atoms with Crippen LogP contribution >= 0.6 is 0 Å². The smallest absolute Gasteiger partial charge is 0.221 e. The standard InChI is InChI=1S/C8H14O5/c9-5-4-1-2-7(11,3-4)8(12,13)6(5)10/h4-6,9-13H,1-3H2. The van der Waals surface area contributed by atoms with Crippen LogP contribution in [0.3, 0.4) is 0 Å². The summed E-state index contributed by atoms with van der Waals surface area (Å²) in [6.07, 6.45) is -1.98. The molecule has 2 rings (SSSR count). The first-order valence-electron chi connectivity index (χ1n) is 4.42. The maximum Gasteiger partial charge on any atom is 0.221 e. The van der Waals surface area contributed by atoms with E-state index in [0.717, 1.165) is 0 Å². The highest BCUT2D eigenvalue weighted by Crippen LogP contribution is 2.49. The summed E-state index contributed by atoms with van der Waals surface area (Å²) in [4.78, 5) is 0. The highest BCUT2D eigenvalue weighted by molar-refractivity contribution is 5.10. The first-order valence-corrected chi connectivity index (χ1v) is 4.42. The molecule has 0 aromatic heterocycles. The molecule has 2 fully saturated rings. The number of fused-ring (bicyclic) bond motifs is 2. The van der Waals surface area contributed by atoms with E-state index in [1.807, 2.05) is 0 Å². The summed E-state index contributed by atoms with van der Waals surface area (Å²) >= 11 is 0. The van der Waals surface area contributed by atoms with Gasteiger partial charge in [-0.05, 0) is 25.2 Å². The van der Waals surface area contributed by atoms with Gasteiger partial charge in [-0.2, -0.15) is 0 Å². The highest BCUT2D eigenvalue weighted by atomic mass is 16.6. The van der Waals surface area contributed by atoms with Crippen molar-refractivity contribution < 1.29 is 25.5 Å². The summed E-state index contributed by atoms with van der Waals surface area (Å²) in [6.45, 7) is 0. The van der Waals surface area contributed by atoms with E-state index < -0.39 is 23.6 Å². The maximum atomic E-state index is 9.77. The van der Waals surface area contributed by atoms with E-state index in [1.165, 1.54) is 0 Å². The first-order chi connectivity index (χ1) is 5.88. The van der Waals surface area contributed by atoms with Crippen molar-refractivity contribution >= 4 is 0 Å².